The van der Waals surface area contributed by atoms with Crippen LogP contribution in [0.3, 0.4) is 0 Å². The molecule has 0 saturated carbocycles. The normalized spacial score (nSPS) is 10.7. The Morgan fingerprint density at radius 2 is 1.72 bits per heavy atom. The zero-order valence-corrected chi connectivity index (χ0v) is 13.3. The molecule has 0 bridgehead atoms. The summed E-state index contributed by atoms with van der Waals surface area (Å²) in [7, 11) is 0. The molecule has 1 N–H and O–H groups in total. The molecule has 0 aliphatic carbocycles. The molecule has 120 valence electrons. The number of hydrogen-bond donors (Lipinski definition) is 1. The van der Waals surface area contributed by atoms with Crippen LogP contribution >= 0.6 is 0 Å². The van der Waals surface area contributed by atoms with Gasteiger partial charge in [-0.2, -0.15) is 0 Å². The van der Waals surface area contributed by atoms with E-state index in [1.165, 1.54) is 6.20 Å². The minimum Gasteiger partial charge on any atom is -0.301 e. The second-order valence-electron chi connectivity index (χ2n) is 5.59. The first-order valence-corrected chi connectivity index (χ1v) is 7.80. The van der Waals surface area contributed by atoms with Crippen molar-refractivity contribution in [3.63, 3.8) is 0 Å². The second kappa shape index (κ2) is 6.13. The molecule has 0 unspecified atom stereocenters. The average molecular weight is 326 g/mol. The molecule has 0 spiro atoms. The molecule has 0 saturated heterocycles. The molecule has 0 atom stereocenters. The maximum Gasteiger partial charge on any atom is 0.211 e. The number of fused-ring (bicyclic) bond motifs is 1. The molecule has 3 aromatic heterocycles. The maximum absolute atomic E-state index is 12.5. The van der Waals surface area contributed by atoms with E-state index in [0.29, 0.717) is 11.1 Å². The van der Waals surface area contributed by atoms with Crippen LogP contribution in [0.1, 0.15) is 15.9 Å². The third-order valence-electron chi connectivity index (χ3n) is 4.03. The van der Waals surface area contributed by atoms with Crippen LogP contribution in [0.2, 0.25) is 0 Å². The number of hydrogen-bond acceptors (Lipinski definition) is 4. The Labute approximate surface area is 144 Å². The van der Waals surface area contributed by atoms with Crippen molar-refractivity contribution in [2.24, 2.45) is 0 Å². The van der Waals surface area contributed by atoms with Gasteiger partial charge >= 0.3 is 0 Å². The SMILES string of the molecule is N=C(C(=O)c1ccc(-n2ccc3cccnc32)cc1)c1cccnc1. The van der Waals surface area contributed by atoms with E-state index in [0.717, 1.165) is 16.7 Å². The van der Waals surface area contributed by atoms with Crippen LogP contribution in [0.25, 0.3) is 16.7 Å². The number of benzene rings is 1. The van der Waals surface area contributed by atoms with Gasteiger partial charge in [0.05, 0.1) is 0 Å². The van der Waals surface area contributed by atoms with Gasteiger partial charge in [-0.1, -0.05) is 0 Å². The first kappa shape index (κ1) is 15.0. The Kier molecular flexibility index (Phi) is 3.67. The Morgan fingerprint density at radius 1 is 0.920 bits per heavy atom. The first-order valence-electron chi connectivity index (χ1n) is 7.80. The van der Waals surface area contributed by atoms with E-state index in [1.807, 2.05) is 41.1 Å². The lowest BCUT2D eigenvalue weighted by molar-refractivity contribution is 0.106. The third kappa shape index (κ3) is 2.72. The van der Waals surface area contributed by atoms with Crippen molar-refractivity contribution in [1.29, 1.82) is 5.41 Å². The Hall–Kier alpha value is -3.60. The second-order valence-corrected chi connectivity index (χ2v) is 5.59. The molecular formula is C20H14N4O. The lowest BCUT2D eigenvalue weighted by Gasteiger charge is -2.07. The lowest BCUT2D eigenvalue weighted by Crippen LogP contribution is -2.14. The summed E-state index contributed by atoms with van der Waals surface area (Å²) in [6.07, 6.45) is 6.84. The van der Waals surface area contributed by atoms with E-state index in [4.69, 9.17) is 5.41 Å². The highest BCUT2D eigenvalue weighted by Crippen LogP contribution is 2.19. The topological polar surface area (TPSA) is 71.6 Å². The van der Waals surface area contributed by atoms with E-state index >= 15 is 0 Å². The minimum absolute atomic E-state index is 0.0612. The van der Waals surface area contributed by atoms with Crippen LogP contribution in [-0.4, -0.2) is 26.0 Å². The number of ketones is 1. The Morgan fingerprint density at radius 3 is 2.48 bits per heavy atom. The zero-order valence-electron chi connectivity index (χ0n) is 13.3. The zero-order chi connectivity index (χ0) is 17.2. The number of pyridine rings is 2. The van der Waals surface area contributed by atoms with Gasteiger partial charge in [0.2, 0.25) is 5.78 Å². The Bertz CT molecular complexity index is 1070. The summed E-state index contributed by atoms with van der Waals surface area (Å²) in [4.78, 5) is 20.8. The van der Waals surface area contributed by atoms with E-state index in [2.05, 4.69) is 9.97 Å². The van der Waals surface area contributed by atoms with Crippen LogP contribution < -0.4 is 0 Å². The van der Waals surface area contributed by atoms with Crippen LogP contribution in [-0.2, 0) is 0 Å². The highest BCUT2D eigenvalue weighted by molar-refractivity contribution is 6.50. The van der Waals surface area contributed by atoms with Crippen molar-refractivity contribution >= 4 is 22.5 Å². The van der Waals surface area contributed by atoms with Gasteiger partial charge in [-0.15, -0.1) is 0 Å². The highest BCUT2D eigenvalue weighted by Gasteiger charge is 2.14. The molecular weight excluding hydrogens is 312 g/mol. The fourth-order valence-corrected chi connectivity index (χ4v) is 2.73. The number of carbonyl (C=O) groups excluding carboxylic acids is 1. The summed E-state index contributed by atoms with van der Waals surface area (Å²) in [6.45, 7) is 0. The van der Waals surface area contributed by atoms with Crippen LogP contribution in [0.4, 0.5) is 0 Å². The van der Waals surface area contributed by atoms with Gasteiger partial charge in [-0.25, -0.2) is 4.98 Å². The van der Waals surface area contributed by atoms with Gasteiger partial charge in [-0.3, -0.25) is 15.2 Å². The molecule has 0 fully saturated rings. The molecule has 5 nitrogen and oxygen atoms in total. The predicted molar refractivity (Wildman–Crippen MR) is 96.5 cm³/mol. The smallest absolute Gasteiger partial charge is 0.211 e. The molecule has 0 aliphatic heterocycles. The first-order chi connectivity index (χ1) is 12.2. The van der Waals surface area contributed by atoms with E-state index in [1.54, 1.807) is 36.7 Å². The van der Waals surface area contributed by atoms with E-state index in [9.17, 15) is 4.79 Å². The van der Waals surface area contributed by atoms with Gasteiger partial charge in [0.25, 0.3) is 0 Å². The van der Waals surface area contributed by atoms with Crippen molar-refractivity contribution in [3.05, 3.63) is 90.5 Å². The minimum atomic E-state index is -0.324. The standard InChI is InChI=1S/C20H14N4O/c21-18(16-4-1-10-22-13-16)19(25)14-5-7-17(8-6-14)24-12-9-15-3-2-11-23-20(15)24/h1-13,21H. The summed E-state index contributed by atoms with van der Waals surface area (Å²) < 4.78 is 1.97. The quantitative estimate of drug-likeness (QED) is 0.459. The van der Waals surface area contributed by atoms with Crippen molar-refractivity contribution < 1.29 is 4.79 Å². The highest BCUT2D eigenvalue weighted by atomic mass is 16.1. The average Bonchev–Trinajstić information content (AvgIpc) is 3.12. The summed E-state index contributed by atoms with van der Waals surface area (Å²) in [5, 5.41) is 9.13. The van der Waals surface area contributed by atoms with Crippen LogP contribution in [0.15, 0.2) is 79.4 Å². The predicted octanol–water partition coefficient (Wildman–Crippen LogP) is 3.67. The summed E-state index contributed by atoms with van der Waals surface area (Å²) >= 11 is 0. The van der Waals surface area contributed by atoms with Gasteiger partial charge in [-0.05, 0) is 54.6 Å². The molecule has 1 aromatic carbocycles. The fraction of sp³-hybridized carbons (Fsp3) is 0. The molecule has 0 radical (unpaired) electrons. The number of nitrogens with zero attached hydrogens (tertiary/aromatic N) is 3. The lowest BCUT2D eigenvalue weighted by atomic mass is 10.0. The van der Waals surface area contributed by atoms with Crippen molar-refractivity contribution in [1.82, 2.24) is 14.5 Å². The van der Waals surface area contributed by atoms with Gasteiger partial charge in [0.15, 0.2) is 0 Å². The van der Waals surface area contributed by atoms with E-state index < -0.39 is 0 Å². The van der Waals surface area contributed by atoms with Crippen molar-refractivity contribution in [2.45, 2.75) is 0 Å². The maximum atomic E-state index is 12.5. The molecule has 3 heterocycles. The number of carbonyl (C=O) groups is 1. The molecule has 4 aromatic rings. The molecule has 25 heavy (non-hydrogen) atoms. The van der Waals surface area contributed by atoms with Crippen LogP contribution in [0, 0.1) is 5.41 Å². The van der Waals surface area contributed by atoms with Gasteiger partial charge in [0.1, 0.15) is 11.4 Å². The molecule has 4 rings (SSSR count). The van der Waals surface area contributed by atoms with E-state index in [-0.39, 0.29) is 11.5 Å². The fourth-order valence-electron chi connectivity index (χ4n) is 2.73. The third-order valence-corrected chi connectivity index (χ3v) is 4.03. The van der Waals surface area contributed by atoms with Crippen molar-refractivity contribution in [2.75, 3.05) is 0 Å². The number of aromatic nitrogens is 3. The number of rotatable bonds is 4. The Balaban J connectivity index is 1.64. The summed E-state index contributed by atoms with van der Waals surface area (Å²) in [6, 6.07) is 16.5. The number of Topliss-reactive ketones (excluding diaryl/α,β-unsaturated/α-hetero) is 1. The largest absolute Gasteiger partial charge is 0.301 e. The summed E-state index contributed by atoms with van der Waals surface area (Å²) in [5.41, 5.74) is 2.70. The molecule has 5 heteroatoms. The number of nitrogens with one attached hydrogen (secondary N) is 1. The monoisotopic (exact) mass is 326 g/mol. The van der Waals surface area contributed by atoms with Gasteiger partial charge in [0, 0.05) is 47.0 Å². The van der Waals surface area contributed by atoms with Crippen LogP contribution in [0.5, 0.6) is 0 Å². The van der Waals surface area contributed by atoms with Crippen molar-refractivity contribution in [3.8, 4) is 5.69 Å². The molecule has 0 amide bonds. The molecule has 0 aliphatic rings. The summed E-state index contributed by atoms with van der Waals surface area (Å²) in [5.74, 6) is -0.324. The van der Waals surface area contributed by atoms with Gasteiger partial charge < -0.3 is 4.57 Å².